The number of carbonyl (C=O) groups is 3. The van der Waals surface area contributed by atoms with Gasteiger partial charge in [-0.15, -0.1) is 0 Å². The number of isocyanates is 1. The van der Waals surface area contributed by atoms with E-state index in [4.69, 9.17) is 55.2 Å². The number of nitrogen functional groups attached to an aromatic ring is 3. The molecule has 5 amide bonds. The van der Waals surface area contributed by atoms with Crippen molar-refractivity contribution in [2.75, 3.05) is 124 Å². The molecule has 3 aliphatic carbocycles. The molecule has 3 fully saturated rings. The van der Waals surface area contributed by atoms with Crippen molar-refractivity contribution in [1.82, 2.24) is 89.6 Å². The van der Waals surface area contributed by atoms with Gasteiger partial charge in [-0.25, -0.2) is 33.8 Å². The summed E-state index contributed by atoms with van der Waals surface area (Å²) in [4.78, 5) is 114. The second-order valence-corrected chi connectivity index (χ2v) is 25.6. The quantitative estimate of drug-likeness (QED) is 0.0106. The molecule has 6 heterocycles. The van der Waals surface area contributed by atoms with E-state index in [0.717, 1.165) is 72.8 Å². The number of rotatable bonds is 35. The Balaban J connectivity index is 0.000000248. The number of benzene rings is 3. The molecule has 12 N–H and O–H groups in total. The number of fused-ring (bicyclic) bond motifs is 3. The van der Waals surface area contributed by atoms with E-state index < -0.39 is 6.09 Å². The summed E-state index contributed by atoms with van der Waals surface area (Å²) in [7, 11) is 4.72. The van der Waals surface area contributed by atoms with Crippen LogP contribution >= 0.6 is 0 Å². The number of carbonyl (C=O) groups excluding carboxylic acids is 4. The fraction of sp³-hybridized carbons (Fsp3) is 0.500. The number of aliphatic imine (C=N–C) groups is 1. The Morgan fingerprint density at radius 1 is 0.541 bits per heavy atom. The SMILES string of the molecule is C.C.CCN=C=O.CCNC(=O)N(Cc1cccc(Cn2c(=O)[nH]c3c(N)nc(OCCOC)nc32)c1)CC1CC1.CCNC(=O)Oc1nc2c(N)nc(OCCOC)nc2n1Cc1cccc(CN(CC2CC2)C(=O)NCC)c1.COCCOc1nc(N)c2[nH]c(=O)n(Cc3cccc(CNCC4CC4)c3)c2n1.[2HH]. The average molecular weight is 1510 g/mol. The van der Waals surface area contributed by atoms with Crippen LogP contribution in [-0.2, 0) is 58.3 Å². The Kier molecular flexibility index (Phi) is 33.5. The summed E-state index contributed by atoms with van der Waals surface area (Å²) in [5.74, 6) is 2.40. The number of H-pyrrole nitrogens is 2. The number of urea groups is 2. The van der Waals surface area contributed by atoms with Crippen LogP contribution in [0.4, 0.5) is 31.8 Å². The monoisotopic (exact) mass is 1510 g/mol. The molecular weight excluding hydrogens is 1400 g/mol. The van der Waals surface area contributed by atoms with E-state index >= 15 is 0 Å². The molecule has 0 unspecified atom stereocenters. The van der Waals surface area contributed by atoms with Gasteiger partial charge in [0.15, 0.2) is 39.9 Å². The number of nitrogens with two attached hydrogens (primary N) is 3. The van der Waals surface area contributed by atoms with Crippen LogP contribution in [0.15, 0.2) is 87.4 Å². The topological polar surface area (TPSA) is 449 Å². The molecule has 0 atom stereocenters. The zero-order chi connectivity index (χ0) is 76.2. The lowest BCUT2D eigenvalue weighted by Crippen LogP contribution is -2.40. The van der Waals surface area contributed by atoms with Crippen LogP contribution in [0.2, 0.25) is 0 Å². The van der Waals surface area contributed by atoms with Crippen LogP contribution in [0.5, 0.6) is 24.0 Å². The lowest BCUT2D eigenvalue weighted by Gasteiger charge is -2.23. The van der Waals surface area contributed by atoms with Gasteiger partial charge in [0, 0.05) is 81.7 Å². The number of aromatic nitrogens is 12. The minimum Gasteiger partial charge on any atom is -0.461 e. The smallest absolute Gasteiger partial charge is 0.415 e. The molecule has 3 saturated carbocycles. The van der Waals surface area contributed by atoms with Crippen LogP contribution in [0, 0.1) is 17.8 Å². The molecule has 9 aromatic rings. The van der Waals surface area contributed by atoms with E-state index in [-0.39, 0.29) is 113 Å². The first-order valence-electron chi connectivity index (χ1n) is 35.8. The zero-order valence-electron chi connectivity index (χ0n) is 61.7. The molecule has 0 bridgehead atoms. The van der Waals surface area contributed by atoms with E-state index in [1.165, 1.54) is 41.9 Å². The van der Waals surface area contributed by atoms with Crippen molar-refractivity contribution in [2.24, 2.45) is 22.7 Å². The number of hydrogen-bond donors (Lipinski definition) is 9. The maximum Gasteiger partial charge on any atom is 0.415 e. The molecule has 0 saturated heterocycles. The highest BCUT2D eigenvalue weighted by molar-refractivity contribution is 5.85. The van der Waals surface area contributed by atoms with E-state index in [2.05, 4.69) is 83.2 Å². The Morgan fingerprint density at radius 3 is 1.35 bits per heavy atom. The maximum absolute atomic E-state index is 12.7. The standard InChI is InChI=1S/C26H36N8O5.C23H31N7O4.C20H26N6O3.C3H5NO.2CH4.H2/c1-4-28-24(35)33(14-17-9-10-17)15-18-7-6-8-19(13-18)16-34-22-20(30-25(34)39-26(36)29-5-2)21(27)31-23(32-22)38-12-11-37-3;1-3-25-22(31)29(12-15-7-8-15)13-16-5-4-6-17(11-16)14-30-20-18(26-23(30)32)19(24)27-21(28-20)34-10-9-33-2;1-28-7-8-29-19-24-17(21)16-18(25-19)26(20(27)23-16)12-15-4-2-3-14(9-15)11-22-10-13-5-6-13;1-2-4-3-5;;;/h6-8,13,17H,4-5,9-12,14-16H2,1-3H3,(H,28,35)(H,29,36)(H2,27,31,32);4-6,11,15H,3,7-10,12-14H2,1-2H3,(H,25,31)(H,26,32)(H2,24,27,28);2-4,9,13,22H,5-8,10-12H2,1H3,(H,23,27)(H2,21,24,25);2H2,1H3;2*1H4;1H/i;;;;;;1+1. The van der Waals surface area contributed by atoms with Crippen LogP contribution in [-0.4, -0.2) is 199 Å². The summed E-state index contributed by atoms with van der Waals surface area (Å²) >= 11 is 0. The number of hydrogen-bond acceptors (Lipinski definition) is 25. The van der Waals surface area contributed by atoms with E-state index in [1.807, 2.05) is 84.3 Å². The van der Waals surface area contributed by atoms with Crippen molar-refractivity contribution in [1.29, 1.82) is 0 Å². The first kappa shape index (κ1) is 85.0. The average Bonchev–Trinajstić information content (AvgIpc) is 1.64. The Hall–Kier alpha value is -11.3. The van der Waals surface area contributed by atoms with Crippen LogP contribution in [0.3, 0.4) is 0 Å². The van der Waals surface area contributed by atoms with Gasteiger partial charge in [0.05, 0.1) is 39.5 Å². The summed E-state index contributed by atoms with van der Waals surface area (Å²) < 4.78 is 41.7. The number of methoxy groups -OCH3 is 3. The maximum atomic E-state index is 12.7. The zero-order valence-corrected chi connectivity index (χ0v) is 61.7. The van der Waals surface area contributed by atoms with Gasteiger partial charge < -0.3 is 91.4 Å². The molecule has 35 nitrogen and oxygen atoms in total. The summed E-state index contributed by atoms with van der Waals surface area (Å²) in [6.07, 6.45) is 8.05. The van der Waals surface area contributed by atoms with Gasteiger partial charge in [-0.3, -0.25) is 13.7 Å². The van der Waals surface area contributed by atoms with E-state index in [1.54, 1.807) is 44.3 Å². The Morgan fingerprint density at radius 2 is 0.945 bits per heavy atom. The molecule has 0 spiro atoms. The molecule has 0 aliphatic heterocycles. The molecule has 35 heteroatoms. The first-order chi connectivity index (χ1) is 51.9. The predicted molar refractivity (Wildman–Crippen MR) is 416 cm³/mol. The molecule has 3 aromatic carbocycles. The van der Waals surface area contributed by atoms with Gasteiger partial charge in [-0.05, 0) is 124 Å². The lowest BCUT2D eigenvalue weighted by atomic mass is 10.1. The van der Waals surface area contributed by atoms with E-state index in [9.17, 15) is 24.0 Å². The van der Waals surface area contributed by atoms with Gasteiger partial charge in [-0.2, -0.15) is 34.9 Å². The number of imidazole rings is 3. The number of ether oxygens (including phenoxy) is 7. The van der Waals surface area contributed by atoms with Gasteiger partial charge in [0.1, 0.15) is 30.9 Å². The van der Waals surface area contributed by atoms with Gasteiger partial charge in [0.2, 0.25) is 6.08 Å². The van der Waals surface area contributed by atoms with Crippen molar-refractivity contribution in [3.63, 3.8) is 0 Å². The summed E-state index contributed by atoms with van der Waals surface area (Å²) in [6, 6.07) is 24.1. The summed E-state index contributed by atoms with van der Waals surface area (Å²) in [5.41, 5.74) is 25.8. The minimum atomic E-state index is -0.649. The number of amides is 5. The number of nitrogens with one attached hydrogen (secondary N) is 6. The fourth-order valence-electron chi connectivity index (χ4n) is 11.1. The summed E-state index contributed by atoms with van der Waals surface area (Å²) in [5, 5.41) is 11.9. The molecule has 12 rings (SSSR count). The van der Waals surface area contributed by atoms with Crippen molar-refractivity contribution < 1.29 is 53.8 Å². The van der Waals surface area contributed by atoms with Crippen molar-refractivity contribution in [3.8, 4) is 24.0 Å². The van der Waals surface area contributed by atoms with Crippen molar-refractivity contribution in [3.05, 3.63) is 127 Å². The molecule has 3 aliphatic rings. The van der Waals surface area contributed by atoms with Crippen LogP contribution in [0.1, 0.15) is 116 Å². The van der Waals surface area contributed by atoms with Gasteiger partial charge in [-0.1, -0.05) is 87.6 Å². The third-order valence-electron chi connectivity index (χ3n) is 16.9. The predicted octanol–water partition coefficient (Wildman–Crippen LogP) is 7.38. The molecular formula is C74H108N22O13. The first-order valence-corrected chi connectivity index (χ1v) is 35.8. The van der Waals surface area contributed by atoms with E-state index in [0.29, 0.717) is 112 Å². The highest BCUT2D eigenvalue weighted by atomic mass is 16.6. The third kappa shape index (κ3) is 25.7. The van der Waals surface area contributed by atoms with Crippen LogP contribution < -0.4 is 68.8 Å². The number of anilines is 3. The number of aromatic amines is 2. The minimum absolute atomic E-state index is 0. The summed E-state index contributed by atoms with van der Waals surface area (Å²) in [6.45, 7) is 16.7. The Labute approximate surface area is 634 Å². The number of nitrogens with zero attached hydrogens (tertiary/aromatic N) is 13. The second kappa shape index (κ2) is 42.9. The lowest BCUT2D eigenvalue weighted by molar-refractivity contribution is 0.141. The fourth-order valence-corrected chi connectivity index (χ4v) is 11.1. The molecule has 109 heavy (non-hydrogen) atoms. The molecule has 592 valence electrons. The highest BCUT2D eigenvalue weighted by Crippen LogP contribution is 2.33. The largest absolute Gasteiger partial charge is 0.461 e. The van der Waals surface area contributed by atoms with Crippen molar-refractivity contribution >= 4 is 75.2 Å². The highest BCUT2D eigenvalue weighted by Gasteiger charge is 2.29. The third-order valence-corrected chi connectivity index (χ3v) is 16.9. The normalized spacial score (nSPS) is 12.7. The second-order valence-electron chi connectivity index (χ2n) is 25.6. The van der Waals surface area contributed by atoms with Crippen LogP contribution in [0.25, 0.3) is 33.5 Å². The van der Waals surface area contributed by atoms with Gasteiger partial charge in [0.25, 0.3) is 0 Å². The Bertz CT molecular complexity index is 4590. The molecule has 6 aromatic heterocycles. The van der Waals surface area contributed by atoms with Crippen molar-refractivity contribution in [2.45, 2.75) is 120 Å². The van der Waals surface area contributed by atoms with Gasteiger partial charge >= 0.3 is 53.6 Å². The molecule has 0 radical (unpaired) electrons.